The van der Waals surface area contributed by atoms with Crippen molar-refractivity contribution in [3.05, 3.63) is 53.9 Å². The van der Waals surface area contributed by atoms with Gasteiger partial charge >= 0.3 is 5.97 Å². The van der Waals surface area contributed by atoms with E-state index in [1.54, 1.807) is 23.0 Å². The first-order chi connectivity index (χ1) is 13.0. The van der Waals surface area contributed by atoms with Crippen molar-refractivity contribution < 1.29 is 19.4 Å². The molecule has 1 amide bonds. The van der Waals surface area contributed by atoms with Gasteiger partial charge in [-0.25, -0.2) is 0 Å². The molecule has 0 saturated carbocycles. The first-order valence-electron chi connectivity index (χ1n) is 8.89. The standard InChI is InChI=1S/C19H24N4O4/c1-21(14-18(24)25)12-17-13-22(9-10-27-17)19(26)16-5-3-15(4-6-16)11-23-8-2-7-20-23/h2-8,17H,9-14H2,1H3,(H,24,25). The third kappa shape index (κ3) is 5.38. The molecule has 0 spiro atoms. The van der Waals surface area contributed by atoms with Crippen molar-refractivity contribution in [2.75, 3.05) is 39.8 Å². The van der Waals surface area contributed by atoms with Crippen LogP contribution in [0.4, 0.5) is 0 Å². The lowest BCUT2D eigenvalue weighted by atomic mass is 10.1. The zero-order valence-corrected chi connectivity index (χ0v) is 15.3. The fourth-order valence-electron chi connectivity index (χ4n) is 3.17. The second-order valence-electron chi connectivity index (χ2n) is 6.74. The fourth-order valence-corrected chi connectivity index (χ4v) is 3.17. The number of morpholine rings is 1. The number of carbonyl (C=O) groups excluding carboxylic acids is 1. The SMILES string of the molecule is CN(CC(=O)O)CC1CN(C(=O)c2ccc(Cn3cccn3)cc2)CCO1. The Kier molecular flexibility index (Phi) is 6.20. The van der Waals surface area contributed by atoms with Gasteiger partial charge in [-0.3, -0.25) is 19.2 Å². The van der Waals surface area contributed by atoms with Crippen molar-refractivity contribution >= 4 is 11.9 Å². The lowest BCUT2D eigenvalue weighted by Crippen LogP contribution is -2.49. The fraction of sp³-hybridized carbons (Fsp3) is 0.421. The maximum Gasteiger partial charge on any atom is 0.317 e. The summed E-state index contributed by atoms with van der Waals surface area (Å²) in [5.41, 5.74) is 1.71. The Hall–Kier alpha value is -2.71. The Morgan fingerprint density at radius 3 is 2.78 bits per heavy atom. The van der Waals surface area contributed by atoms with Gasteiger partial charge in [0.25, 0.3) is 5.91 Å². The van der Waals surface area contributed by atoms with Gasteiger partial charge in [-0.05, 0) is 30.8 Å². The van der Waals surface area contributed by atoms with Gasteiger partial charge in [0.2, 0.25) is 0 Å². The molecule has 3 rings (SSSR count). The topological polar surface area (TPSA) is 87.9 Å². The van der Waals surface area contributed by atoms with Crippen LogP contribution in [-0.2, 0) is 16.1 Å². The van der Waals surface area contributed by atoms with Crippen LogP contribution >= 0.6 is 0 Å². The molecule has 27 heavy (non-hydrogen) atoms. The highest BCUT2D eigenvalue weighted by Crippen LogP contribution is 2.13. The van der Waals surface area contributed by atoms with Crippen LogP contribution in [0.15, 0.2) is 42.7 Å². The zero-order chi connectivity index (χ0) is 19.2. The van der Waals surface area contributed by atoms with E-state index in [9.17, 15) is 9.59 Å². The minimum Gasteiger partial charge on any atom is -0.480 e. The maximum absolute atomic E-state index is 12.8. The van der Waals surface area contributed by atoms with E-state index in [0.29, 0.717) is 38.3 Å². The molecule has 8 heteroatoms. The maximum atomic E-state index is 12.8. The normalized spacial score (nSPS) is 17.3. The molecular formula is C19H24N4O4. The quantitative estimate of drug-likeness (QED) is 0.773. The largest absolute Gasteiger partial charge is 0.480 e. The Morgan fingerprint density at radius 1 is 1.33 bits per heavy atom. The summed E-state index contributed by atoms with van der Waals surface area (Å²) in [7, 11) is 1.73. The molecule has 1 aromatic heterocycles. The molecule has 0 radical (unpaired) electrons. The molecule has 2 aromatic rings. The van der Waals surface area contributed by atoms with E-state index >= 15 is 0 Å². The molecule has 1 aliphatic rings. The summed E-state index contributed by atoms with van der Waals surface area (Å²) in [6, 6.07) is 9.42. The summed E-state index contributed by atoms with van der Waals surface area (Å²) in [6.45, 7) is 2.53. The molecule has 1 atom stereocenters. The van der Waals surface area contributed by atoms with Gasteiger partial charge < -0.3 is 14.7 Å². The monoisotopic (exact) mass is 372 g/mol. The molecule has 1 N–H and O–H groups in total. The third-order valence-corrected chi connectivity index (χ3v) is 4.45. The van der Waals surface area contributed by atoms with Crippen molar-refractivity contribution in [2.24, 2.45) is 0 Å². The summed E-state index contributed by atoms with van der Waals surface area (Å²) in [6.07, 6.45) is 3.45. The summed E-state index contributed by atoms with van der Waals surface area (Å²) < 4.78 is 7.52. The van der Waals surface area contributed by atoms with E-state index in [2.05, 4.69) is 5.10 Å². The van der Waals surface area contributed by atoms with E-state index in [4.69, 9.17) is 9.84 Å². The van der Waals surface area contributed by atoms with Crippen molar-refractivity contribution in [3.8, 4) is 0 Å². The highest BCUT2D eigenvalue weighted by Gasteiger charge is 2.26. The number of carboxylic acids is 1. The lowest BCUT2D eigenvalue weighted by Gasteiger charge is -2.34. The van der Waals surface area contributed by atoms with E-state index in [1.807, 2.05) is 41.2 Å². The number of nitrogens with zero attached hydrogens (tertiary/aromatic N) is 4. The second-order valence-corrected chi connectivity index (χ2v) is 6.74. The van der Waals surface area contributed by atoms with Crippen molar-refractivity contribution in [1.29, 1.82) is 0 Å². The van der Waals surface area contributed by atoms with Crippen LogP contribution in [-0.4, -0.2) is 82.5 Å². The molecule has 0 bridgehead atoms. The molecule has 2 heterocycles. The molecule has 1 saturated heterocycles. The Labute approximate surface area is 157 Å². The van der Waals surface area contributed by atoms with E-state index < -0.39 is 5.97 Å². The summed E-state index contributed by atoms with van der Waals surface area (Å²) >= 11 is 0. The highest BCUT2D eigenvalue weighted by molar-refractivity contribution is 5.94. The number of aromatic nitrogens is 2. The first-order valence-corrected chi connectivity index (χ1v) is 8.89. The van der Waals surface area contributed by atoms with Gasteiger partial charge in [-0.2, -0.15) is 5.10 Å². The molecule has 8 nitrogen and oxygen atoms in total. The number of hydrogen-bond acceptors (Lipinski definition) is 5. The van der Waals surface area contributed by atoms with Crippen LogP contribution in [0, 0.1) is 0 Å². The van der Waals surface area contributed by atoms with Crippen LogP contribution in [0.5, 0.6) is 0 Å². The molecule has 144 valence electrons. The molecule has 1 fully saturated rings. The number of amides is 1. The van der Waals surface area contributed by atoms with Gasteiger partial charge in [-0.15, -0.1) is 0 Å². The summed E-state index contributed by atoms with van der Waals surface area (Å²) in [5.74, 6) is -0.911. The van der Waals surface area contributed by atoms with Crippen molar-refractivity contribution in [1.82, 2.24) is 19.6 Å². The minimum absolute atomic E-state index is 0.0326. The number of carboxylic acid groups (broad SMARTS) is 1. The average molecular weight is 372 g/mol. The number of hydrogen-bond donors (Lipinski definition) is 1. The number of likely N-dealkylation sites (N-methyl/N-ethyl adjacent to an activating group) is 1. The van der Waals surface area contributed by atoms with Crippen molar-refractivity contribution in [3.63, 3.8) is 0 Å². The molecule has 1 aliphatic heterocycles. The third-order valence-electron chi connectivity index (χ3n) is 4.45. The summed E-state index contributed by atoms with van der Waals surface area (Å²) in [5, 5.41) is 13.0. The molecule has 0 aliphatic carbocycles. The molecule has 1 aromatic carbocycles. The highest BCUT2D eigenvalue weighted by atomic mass is 16.5. The number of ether oxygens (including phenoxy) is 1. The van der Waals surface area contributed by atoms with Crippen LogP contribution in [0.3, 0.4) is 0 Å². The average Bonchev–Trinajstić information content (AvgIpc) is 3.14. The van der Waals surface area contributed by atoms with E-state index in [-0.39, 0.29) is 18.6 Å². The van der Waals surface area contributed by atoms with Gasteiger partial charge in [0, 0.05) is 37.6 Å². The molecule has 1 unspecified atom stereocenters. The number of carbonyl (C=O) groups is 2. The van der Waals surface area contributed by atoms with Gasteiger partial charge in [0.1, 0.15) is 0 Å². The molecular weight excluding hydrogens is 348 g/mol. The Morgan fingerprint density at radius 2 is 2.11 bits per heavy atom. The van der Waals surface area contributed by atoms with Gasteiger partial charge in [0.05, 0.1) is 25.8 Å². The minimum atomic E-state index is -0.878. The lowest BCUT2D eigenvalue weighted by molar-refractivity contribution is -0.138. The Balaban J connectivity index is 1.57. The van der Waals surface area contributed by atoms with Crippen LogP contribution in [0.25, 0.3) is 0 Å². The van der Waals surface area contributed by atoms with Crippen molar-refractivity contribution in [2.45, 2.75) is 12.6 Å². The van der Waals surface area contributed by atoms with Crippen LogP contribution in [0.1, 0.15) is 15.9 Å². The van der Waals surface area contributed by atoms with E-state index in [0.717, 1.165) is 5.56 Å². The van der Waals surface area contributed by atoms with Gasteiger partial charge in [-0.1, -0.05) is 12.1 Å². The van der Waals surface area contributed by atoms with E-state index in [1.165, 1.54) is 0 Å². The predicted molar refractivity (Wildman–Crippen MR) is 98.5 cm³/mol. The van der Waals surface area contributed by atoms with Crippen LogP contribution < -0.4 is 0 Å². The Bertz CT molecular complexity index is 761. The predicted octanol–water partition coefficient (Wildman–Crippen LogP) is 0.789. The first kappa shape index (κ1) is 19.1. The summed E-state index contributed by atoms with van der Waals surface area (Å²) in [4.78, 5) is 27.0. The number of aliphatic carboxylic acids is 1. The smallest absolute Gasteiger partial charge is 0.317 e. The zero-order valence-electron chi connectivity index (χ0n) is 15.3. The van der Waals surface area contributed by atoms with Crippen LogP contribution in [0.2, 0.25) is 0 Å². The second kappa shape index (κ2) is 8.79. The number of benzene rings is 1. The van der Waals surface area contributed by atoms with Gasteiger partial charge in [0.15, 0.2) is 0 Å². The number of rotatable bonds is 7.